The lowest BCUT2D eigenvalue weighted by molar-refractivity contribution is 0.194. The van der Waals surface area contributed by atoms with E-state index in [-0.39, 0.29) is 12.1 Å². The fraction of sp³-hybridized carbons (Fsp3) is 0.323. The smallest absolute Gasteiger partial charge is 0.323 e. The number of ether oxygens (including phenoxy) is 2. The van der Waals surface area contributed by atoms with Gasteiger partial charge in [0, 0.05) is 42.5 Å². The van der Waals surface area contributed by atoms with E-state index < -0.39 is 0 Å². The number of nitrogens with zero attached hydrogens (tertiary/aromatic N) is 3. The molecule has 1 N–H and O–H groups in total. The number of hydrogen-bond donors (Lipinski definition) is 1. The van der Waals surface area contributed by atoms with E-state index in [4.69, 9.17) is 9.47 Å². The van der Waals surface area contributed by atoms with E-state index in [1.807, 2.05) is 42.5 Å². The summed E-state index contributed by atoms with van der Waals surface area (Å²) < 4.78 is 13.3. The van der Waals surface area contributed by atoms with Gasteiger partial charge in [0.05, 0.1) is 38.2 Å². The number of amides is 2. The van der Waals surface area contributed by atoms with E-state index in [0.29, 0.717) is 23.7 Å². The van der Waals surface area contributed by atoms with Gasteiger partial charge in [-0.2, -0.15) is 0 Å². The first kappa shape index (κ1) is 25.4. The molecule has 0 spiro atoms. The molecule has 2 amide bonds. The van der Waals surface area contributed by atoms with E-state index in [2.05, 4.69) is 57.4 Å². The third-order valence-electron chi connectivity index (χ3n) is 7.81. The number of methoxy groups -OCH3 is 2. The van der Waals surface area contributed by atoms with Gasteiger partial charge >= 0.3 is 6.03 Å². The molecule has 3 heterocycles. The SMILES string of the molecule is COc1ccc(OC)c(NC(=O)N2Cc3c(sc4c3CCCC4)-n3cccc3[C@@H]2c2ccc(N(C)C)cc2)c1. The Balaban J connectivity index is 1.48. The molecule has 0 radical (unpaired) electrons. The van der Waals surface area contributed by atoms with Gasteiger partial charge in [-0.1, -0.05) is 12.1 Å². The molecule has 1 aliphatic carbocycles. The standard InChI is InChI=1S/C31H34N4O3S/c1-33(2)21-13-11-20(12-14-21)29-26-9-7-17-34(26)30-24(23-8-5-6-10-28(23)39-30)19-35(29)31(36)32-25-18-22(37-3)15-16-27(25)38-4/h7,9,11-18,29H,5-6,8,10,19H2,1-4H3,(H,32,36)/t29-/m0/s1. The van der Waals surface area contributed by atoms with Crippen molar-refractivity contribution in [3.05, 3.63) is 88.1 Å². The quantitative estimate of drug-likeness (QED) is 0.307. The summed E-state index contributed by atoms with van der Waals surface area (Å²) in [6, 6.07) is 17.7. The van der Waals surface area contributed by atoms with Crippen LogP contribution >= 0.6 is 11.3 Å². The maximum Gasteiger partial charge on any atom is 0.323 e. The summed E-state index contributed by atoms with van der Waals surface area (Å²) in [6.07, 6.45) is 6.75. The monoisotopic (exact) mass is 542 g/mol. The lowest BCUT2D eigenvalue weighted by Gasteiger charge is -2.32. The number of rotatable bonds is 5. The molecule has 6 rings (SSSR count). The summed E-state index contributed by atoms with van der Waals surface area (Å²) in [5.41, 5.74) is 6.55. The highest BCUT2D eigenvalue weighted by molar-refractivity contribution is 7.15. The van der Waals surface area contributed by atoms with Crippen molar-refractivity contribution in [1.29, 1.82) is 0 Å². The van der Waals surface area contributed by atoms with Crippen molar-refractivity contribution in [3.63, 3.8) is 0 Å². The van der Waals surface area contributed by atoms with Crippen molar-refractivity contribution >= 4 is 28.7 Å². The molecule has 0 saturated carbocycles. The van der Waals surface area contributed by atoms with Gasteiger partial charge in [0.2, 0.25) is 0 Å². The van der Waals surface area contributed by atoms with Crippen LogP contribution in [0.4, 0.5) is 16.2 Å². The molecule has 8 heteroatoms. The van der Waals surface area contributed by atoms with Crippen molar-refractivity contribution in [3.8, 4) is 16.5 Å². The highest BCUT2D eigenvalue weighted by Gasteiger charge is 2.36. The highest BCUT2D eigenvalue weighted by Crippen LogP contribution is 2.44. The molecular weight excluding hydrogens is 508 g/mol. The van der Waals surface area contributed by atoms with Gasteiger partial charge in [0.25, 0.3) is 0 Å². The first-order valence-corrected chi connectivity index (χ1v) is 14.2. The van der Waals surface area contributed by atoms with Crippen molar-refractivity contribution < 1.29 is 14.3 Å². The van der Waals surface area contributed by atoms with Gasteiger partial charge in [-0.25, -0.2) is 4.79 Å². The maximum atomic E-state index is 14.3. The van der Waals surface area contributed by atoms with Crippen molar-refractivity contribution in [2.24, 2.45) is 0 Å². The van der Waals surface area contributed by atoms with Gasteiger partial charge in [-0.3, -0.25) is 0 Å². The number of fused-ring (bicyclic) bond motifs is 5. The average Bonchev–Trinajstić information content (AvgIpc) is 3.55. The molecule has 0 bridgehead atoms. The van der Waals surface area contributed by atoms with Gasteiger partial charge in [-0.15, -0.1) is 11.3 Å². The molecule has 2 aromatic carbocycles. The average molecular weight is 543 g/mol. The fourth-order valence-electron chi connectivity index (χ4n) is 5.79. The number of carbonyl (C=O) groups is 1. The predicted molar refractivity (Wildman–Crippen MR) is 157 cm³/mol. The van der Waals surface area contributed by atoms with Crippen LogP contribution in [0.3, 0.4) is 0 Å². The van der Waals surface area contributed by atoms with Crippen LogP contribution in [0.5, 0.6) is 11.5 Å². The van der Waals surface area contributed by atoms with Gasteiger partial charge in [0.1, 0.15) is 16.5 Å². The summed E-state index contributed by atoms with van der Waals surface area (Å²) in [5, 5.41) is 4.40. The Morgan fingerprint density at radius 1 is 1.00 bits per heavy atom. The number of carbonyl (C=O) groups excluding carboxylic acids is 1. The van der Waals surface area contributed by atoms with Gasteiger partial charge < -0.3 is 29.2 Å². The Hall–Kier alpha value is -3.91. The molecule has 0 unspecified atom stereocenters. The minimum atomic E-state index is -0.272. The fourth-order valence-corrected chi connectivity index (χ4v) is 7.19. The molecule has 1 atom stereocenters. The maximum absolute atomic E-state index is 14.3. The number of aromatic nitrogens is 1. The first-order chi connectivity index (χ1) is 19.0. The lowest BCUT2D eigenvalue weighted by atomic mass is 9.95. The van der Waals surface area contributed by atoms with E-state index in [1.54, 1.807) is 20.3 Å². The normalized spacial score (nSPS) is 16.0. The predicted octanol–water partition coefficient (Wildman–Crippen LogP) is 6.64. The summed E-state index contributed by atoms with van der Waals surface area (Å²) in [4.78, 5) is 19.8. The number of aryl methyl sites for hydroxylation is 1. The van der Waals surface area contributed by atoms with Crippen LogP contribution in [-0.2, 0) is 19.4 Å². The number of anilines is 2. The molecule has 4 aromatic rings. The summed E-state index contributed by atoms with van der Waals surface area (Å²) >= 11 is 1.89. The molecule has 2 aromatic heterocycles. The number of nitrogens with one attached hydrogen (secondary N) is 1. The van der Waals surface area contributed by atoms with Gasteiger partial charge in [-0.05, 0) is 73.2 Å². The third kappa shape index (κ3) is 4.52. The summed E-state index contributed by atoms with van der Waals surface area (Å²) in [5.74, 6) is 1.24. The van der Waals surface area contributed by atoms with E-state index in [1.165, 1.54) is 33.8 Å². The second-order valence-corrected chi connectivity index (χ2v) is 11.4. The molecule has 39 heavy (non-hydrogen) atoms. The Bertz CT molecular complexity index is 1500. The van der Waals surface area contributed by atoms with Crippen molar-refractivity contribution in [2.45, 2.75) is 38.3 Å². The number of benzene rings is 2. The second-order valence-electron chi connectivity index (χ2n) is 10.3. The Labute approximate surface area is 233 Å². The Morgan fingerprint density at radius 3 is 2.54 bits per heavy atom. The van der Waals surface area contributed by atoms with Crippen LogP contribution in [0, 0.1) is 0 Å². The molecule has 2 aliphatic rings. The van der Waals surface area contributed by atoms with Crippen LogP contribution in [0.15, 0.2) is 60.8 Å². The topological polar surface area (TPSA) is 59.0 Å². The first-order valence-electron chi connectivity index (χ1n) is 13.4. The lowest BCUT2D eigenvalue weighted by Crippen LogP contribution is -2.38. The Kier molecular flexibility index (Phi) is 6.73. The van der Waals surface area contributed by atoms with Crippen LogP contribution in [-0.4, -0.2) is 43.8 Å². The van der Waals surface area contributed by atoms with Crippen LogP contribution in [0.1, 0.15) is 46.1 Å². The molecular formula is C31H34N4O3S. The molecule has 0 saturated heterocycles. The van der Waals surface area contributed by atoms with Crippen LogP contribution in [0.25, 0.3) is 5.00 Å². The van der Waals surface area contributed by atoms with E-state index in [0.717, 1.165) is 29.8 Å². The van der Waals surface area contributed by atoms with Crippen molar-refractivity contribution in [2.75, 3.05) is 38.5 Å². The van der Waals surface area contributed by atoms with Gasteiger partial charge in [0.15, 0.2) is 0 Å². The van der Waals surface area contributed by atoms with E-state index >= 15 is 0 Å². The number of urea groups is 1. The minimum Gasteiger partial charge on any atom is -0.497 e. The molecule has 0 fully saturated rings. The summed E-state index contributed by atoms with van der Waals surface area (Å²) in [6.45, 7) is 0.529. The van der Waals surface area contributed by atoms with Crippen LogP contribution < -0.4 is 19.7 Å². The van der Waals surface area contributed by atoms with E-state index in [9.17, 15) is 4.79 Å². The number of hydrogen-bond acceptors (Lipinski definition) is 5. The number of thiophene rings is 1. The minimum absolute atomic E-state index is 0.181. The van der Waals surface area contributed by atoms with Crippen molar-refractivity contribution in [1.82, 2.24) is 9.47 Å². The summed E-state index contributed by atoms with van der Waals surface area (Å²) in [7, 11) is 7.29. The molecule has 7 nitrogen and oxygen atoms in total. The molecule has 202 valence electrons. The Morgan fingerprint density at radius 2 is 1.79 bits per heavy atom. The molecule has 1 aliphatic heterocycles. The van der Waals surface area contributed by atoms with Crippen LogP contribution in [0.2, 0.25) is 0 Å². The largest absolute Gasteiger partial charge is 0.497 e. The third-order valence-corrected chi connectivity index (χ3v) is 9.15. The highest BCUT2D eigenvalue weighted by atomic mass is 32.1. The second kappa shape index (κ2) is 10.3. The zero-order valence-electron chi connectivity index (χ0n) is 22.9. The zero-order valence-corrected chi connectivity index (χ0v) is 23.7. The zero-order chi connectivity index (χ0) is 27.1.